The Morgan fingerprint density at radius 3 is 1.21 bits per heavy atom. The highest BCUT2D eigenvalue weighted by Crippen LogP contribution is 2.51. The largest absolute Gasteiger partial charge is 0.315 e. The minimum Gasteiger partial charge on any atom is -0.315 e. The smallest absolute Gasteiger partial charge is 0.160 e. The fraction of sp³-hybridized carbons (Fsp3) is 0.0303. The van der Waals surface area contributed by atoms with Gasteiger partial charge in [-0.05, 0) is 159 Å². The Morgan fingerprint density at radius 2 is 0.664 bits per heavy atom. The number of aromatic nitrogens is 8. The van der Waals surface area contributed by atoms with E-state index in [2.05, 4.69) is 396 Å². The second-order valence-electron chi connectivity index (χ2n) is 28.5. The van der Waals surface area contributed by atoms with Gasteiger partial charge in [-0.25, -0.2) is 19.9 Å². The maximum absolute atomic E-state index is 5.39. The third kappa shape index (κ3) is 9.98. The van der Waals surface area contributed by atoms with E-state index in [1.54, 1.807) is 0 Å². The fourth-order valence-electron chi connectivity index (χ4n) is 17.0. The second kappa shape index (κ2) is 24.6. The first-order valence-corrected chi connectivity index (χ1v) is 36.6. The average Bonchev–Trinajstić information content (AvgIpc) is 1.58. The molecule has 22 rings (SSSR count). The molecule has 0 N–H and O–H groups in total. The number of rotatable bonds is 9. The van der Waals surface area contributed by atoms with Crippen LogP contribution >= 0.6 is 0 Å². The van der Waals surface area contributed by atoms with Crippen molar-refractivity contribution >= 4 is 98.0 Å². The van der Waals surface area contributed by atoms with Crippen molar-refractivity contribution in [2.45, 2.75) is 19.3 Å². The molecule has 0 saturated heterocycles. The van der Waals surface area contributed by atoms with E-state index >= 15 is 0 Å². The molecular formula is C99H66N8. The molecule has 0 spiro atoms. The van der Waals surface area contributed by atoms with Crippen LogP contribution in [0, 0.1) is 0 Å². The van der Waals surface area contributed by atoms with E-state index in [1.807, 2.05) is 0 Å². The SMILES string of the molecule is CC1(C)c2ccccc2-c2ccc(-c3nc(-c4ccc5c(c4)c4ccc6ccn(-c7ccccc7)c6c4n5-c4ccccc4)nc4ccccc34)cc21.c1ccc(-n2ccc3ccc4c5cc(-c6nc(-c7ccc(-c8cccc9ccccc89)cc7)c7ccccc7n6)ccc5n(-c5ccccc5)c4c32)cc1. The molecule has 0 aliphatic heterocycles. The van der Waals surface area contributed by atoms with Crippen LogP contribution in [-0.4, -0.2) is 38.2 Å². The van der Waals surface area contributed by atoms with Gasteiger partial charge in [-0.1, -0.05) is 250 Å². The molecule has 0 radical (unpaired) electrons. The first-order chi connectivity index (χ1) is 52.8. The first kappa shape index (κ1) is 61.6. The Kier molecular flexibility index (Phi) is 14.1. The van der Waals surface area contributed by atoms with E-state index in [0.29, 0.717) is 5.82 Å². The highest BCUT2D eigenvalue weighted by Gasteiger charge is 2.36. The molecule has 1 aliphatic carbocycles. The maximum atomic E-state index is 5.39. The van der Waals surface area contributed by atoms with Gasteiger partial charge in [0.15, 0.2) is 11.6 Å². The minimum atomic E-state index is -0.0998. The summed E-state index contributed by atoms with van der Waals surface area (Å²) in [5.41, 5.74) is 27.0. The molecule has 1 aliphatic rings. The summed E-state index contributed by atoms with van der Waals surface area (Å²) >= 11 is 0. The van der Waals surface area contributed by atoms with Crippen LogP contribution in [0.15, 0.2) is 364 Å². The van der Waals surface area contributed by atoms with Crippen molar-refractivity contribution in [2.24, 2.45) is 0 Å². The lowest BCUT2D eigenvalue weighted by Crippen LogP contribution is -2.14. The number of fused-ring (bicyclic) bond motifs is 16. The first-order valence-electron chi connectivity index (χ1n) is 36.6. The number of benzene rings is 15. The average molecular weight is 1370 g/mol. The molecular weight excluding hydrogens is 1300 g/mol. The predicted octanol–water partition coefficient (Wildman–Crippen LogP) is 25.1. The number of para-hydroxylation sites is 6. The Morgan fingerprint density at radius 1 is 0.243 bits per heavy atom. The Bertz CT molecular complexity index is 7120. The lowest BCUT2D eigenvalue weighted by Gasteiger charge is -2.22. The van der Waals surface area contributed by atoms with Crippen molar-refractivity contribution in [3.63, 3.8) is 0 Å². The van der Waals surface area contributed by atoms with E-state index < -0.39 is 0 Å². The van der Waals surface area contributed by atoms with Crippen LogP contribution in [0.2, 0.25) is 0 Å². The summed E-state index contributed by atoms with van der Waals surface area (Å²) in [7, 11) is 0. The Labute approximate surface area is 617 Å². The topological polar surface area (TPSA) is 71.3 Å². The summed E-state index contributed by atoms with van der Waals surface area (Å²) in [6, 6.07) is 126. The monoisotopic (exact) mass is 1370 g/mol. The Hall–Kier alpha value is -14.1. The van der Waals surface area contributed by atoms with Crippen LogP contribution < -0.4 is 0 Å². The van der Waals surface area contributed by atoms with Gasteiger partial charge < -0.3 is 18.3 Å². The second-order valence-corrected chi connectivity index (χ2v) is 28.5. The molecule has 21 aromatic rings. The van der Waals surface area contributed by atoms with Crippen molar-refractivity contribution in [3.8, 4) is 90.3 Å². The molecule has 107 heavy (non-hydrogen) atoms. The molecule has 0 unspecified atom stereocenters. The van der Waals surface area contributed by atoms with E-state index in [4.69, 9.17) is 19.9 Å². The molecule has 502 valence electrons. The van der Waals surface area contributed by atoms with Crippen LogP contribution in [0.3, 0.4) is 0 Å². The van der Waals surface area contributed by atoms with Gasteiger partial charge in [0.1, 0.15) is 0 Å². The van der Waals surface area contributed by atoms with Gasteiger partial charge in [0.05, 0.1) is 55.5 Å². The molecule has 0 fully saturated rings. The molecule has 6 aromatic heterocycles. The summed E-state index contributed by atoms with van der Waals surface area (Å²) in [6.07, 6.45) is 4.36. The highest BCUT2D eigenvalue weighted by molar-refractivity contribution is 6.20. The van der Waals surface area contributed by atoms with Gasteiger partial charge >= 0.3 is 0 Å². The van der Waals surface area contributed by atoms with Crippen LogP contribution in [0.1, 0.15) is 25.0 Å². The van der Waals surface area contributed by atoms with Gasteiger partial charge in [-0.15, -0.1) is 0 Å². The molecule has 15 aromatic carbocycles. The lowest BCUT2D eigenvalue weighted by molar-refractivity contribution is 0.660. The van der Waals surface area contributed by atoms with Crippen molar-refractivity contribution < 1.29 is 0 Å². The van der Waals surface area contributed by atoms with E-state index in [1.165, 1.54) is 93.2 Å². The normalized spacial score (nSPS) is 12.5. The summed E-state index contributed by atoms with van der Waals surface area (Å²) < 4.78 is 9.43. The van der Waals surface area contributed by atoms with Crippen molar-refractivity contribution in [1.29, 1.82) is 0 Å². The Balaban J connectivity index is 0.000000137. The zero-order valence-electron chi connectivity index (χ0n) is 58.7. The van der Waals surface area contributed by atoms with Gasteiger partial charge in [0, 0.05) is 106 Å². The number of nitrogens with zero attached hydrogens (tertiary/aromatic N) is 8. The molecule has 8 nitrogen and oxygen atoms in total. The van der Waals surface area contributed by atoms with Crippen molar-refractivity contribution in [3.05, 3.63) is 375 Å². The summed E-state index contributed by atoms with van der Waals surface area (Å²) in [5.74, 6) is 1.43. The predicted molar refractivity (Wildman–Crippen MR) is 444 cm³/mol. The van der Waals surface area contributed by atoms with E-state index in [0.717, 1.165) is 100 Å². The zero-order valence-corrected chi connectivity index (χ0v) is 58.7. The molecule has 0 amide bonds. The van der Waals surface area contributed by atoms with E-state index in [-0.39, 0.29) is 5.41 Å². The van der Waals surface area contributed by atoms with Crippen LogP contribution in [0.4, 0.5) is 0 Å². The zero-order chi connectivity index (χ0) is 70.8. The summed E-state index contributed by atoms with van der Waals surface area (Å²) in [6.45, 7) is 4.66. The standard InChI is InChI=1S/C50H32N4.C49H34N4/c1-3-14-38(15-4-1)53-31-30-36-26-28-42-44-32-37(27-29-46(44)54(49(42)48(36)53)39-16-5-2-6-17-39)50-51-45-21-10-9-19-43(45)47(52-50)35-24-22-34(23-25-35)41-20-11-13-33-12-7-8-18-40(33)41;1-49(2)41-19-11-9-17-36(41)37-24-22-32(30-42(37)49)45-39-18-10-12-20-43(39)50-48(51-45)33-23-26-44-40(29-33)38-25-21-31-27-28-52(34-13-5-3-6-14-34)46(31)47(38)53(44)35-15-7-4-8-16-35/h1-32H;3-30H,1-2H3. The van der Waals surface area contributed by atoms with Gasteiger partial charge in [-0.3, -0.25) is 0 Å². The third-order valence-corrected chi connectivity index (χ3v) is 22.1. The summed E-state index contributed by atoms with van der Waals surface area (Å²) in [4.78, 5) is 21.1. The summed E-state index contributed by atoms with van der Waals surface area (Å²) in [5, 5.41) is 11.7. The van der Waals surface area contributed by atoms with Crippen molar-refractivity contribution in [1.82, 2.24) is 38.2 Å². The van der Waals surface area contributed by atoms with E-state index in [9.17, 15) is 0 Å². The van der Waals surface area contributed by atoms with Gasteiger partial charge in [0.25, 0.3) is 0 Å². The number of hydrogen-bond acceptors (Lipinski definition) is 4. The van der Waals surface area contributed by atoms with Crippen LogP contribution in [0.25, 0.3) is 188 Å². The molecule has 8 heteroatoms. The molecule has 0 saturated carbocycles. The maximum Gasteiger partial charge on any atom is 0.160 e. The third-order valence-electron chi connectivity index (χ3n) is 22.1. The van der Waals surface area contributed by atoms with Gasteiger partial charge in [0.2, 0.25) is 0 Å². The van der Waals surface area contributed by atoms with Crippen LogP contribution in [0.5, 0.6) is 0 Å². The lowest BCUT2D eigenvalue weighted by atomic mass is 9.82. The van der Waals surface area contributed by atoms with Crippen LogP contribution in [-0.2, 0) is 5.41 Å². The van der Waals surface area contributed by atoms with Gasteiger partial charge in [-0.2, -0.15) is 0 Å². The molecule has 0 bridgehead atoms. The van der Waals surface area contributed by atoms with Crippen molar-refractivity contribution in [2.75, 3.05) is 0 Å². The number of hydrogen-bond donors (Lipinski definition) is 0. The minimum absolute atomic E-state index is 0.0998. The fourth-order valence-corrected chi connectivity index (χ4v) is 17.0. The molecule has 0 atom stereocenters. The quantitative estimate of drug-likeness (QED) is 0.144. The highest BCUT2D eigenvalue weighted by atomic mass is 15.0. The molecule has 6 heterocycles.